The van der Waals surface area contributed by atoms with Crippen molar-refractivity contribution in [3.05, 3.63) is 66.4 Å². The molecule has 0 N–H and O–H groups in total. The summed E-state index contributed by atoms with van der Waals surface area (Å²) in [6, 6.07) is 18.8. The molecule has 3 aromatic rings. The first-order valence-electron chi connectivity index (χ1n) is 14.1. The van der Waals surface area contributed by atoms with Gasteiger partial charge in [0, 0.05) is 81.8 Å². The summed E-state index contributed by atoms with van der Waals surface area (Å²) < 4.78 is 5.58. The van der Waals surface area contributed by atoms with E-state index in [0.29, 0.717) is 45.7 Å². The lowest BCUT2D eigenvalue weighted by molar-refractivity contribution is -0.135. The number of likely N-dealkylation sites (tertiary alicyclic amines) is 2. The number of fused-ring (bicyclic) bond motifs is 1. The van der Waals surface area contributed by atoms with Crippen molar-refractivity contribution in [2.45, 2.75) is 31.2 Å². The minimum atomic E-state index is -0.731. The monoisotopic (exact) mass is 523 g/mol. The molecular formula is C31H33N5O3. The quantitative estimate of drug-likeness (QED) is 0.514. The minimum Gasteiger partial charge on any atom is -0.381 e. The highest BCUT2D eigenvalue weighted by atomic mass is 16.5. The number of hydrogen-bond donors (Lipinski definition) is 0. The lowest BCUT2D eigenvalue weighted by Gasteiger charge is -2.43. The molecule has 3 saturated heterocycles. The Kier molecular flexibility index (Phi) is 6.07. The zero-order valence-electron chi connectivity index (χ0n) is 22.1. The van der Waals surface area contributed by atoms with Crippen LogP contribution < -0.4 is 0 Å². The van der Waals surface area contributed by atoms with Gasteiger partial charge in [-0.2, -0.15) is 0 Å². The number of aliphatic imine (C=N–C) groups is 1. The summed E-state index contributed by atoms with van der Waals surface area (Å²) in [7, 11) is 0. The largest absolute Gasteiger partial charge is 0.381 e. The maximum absolute atomic E-state index is 13.8. The van der Waals surface area contributed by atoms with Crippen molar-refractivity contribution in [3.8, 4) is 11.1 Å². The Labute approximate surface area is 228 Å². The first-order chi connectivity index (χ1) is 19.1. The summed E-state index contributed by atoms with van der Waals surface area (Å²) >= 11 is 0. The predicted molar refractivity (Wildman–Crippen MR) is 149 cm³/mol. The Hall–Kier alpha value is -3.78. The molecule has 8 nitrogen and oxygen atoms in total. The van der Waals surface area contributed by atoms with E-state index in [-0.39, 0.29) is 17.9 Å². The van der Waals surface area contributed by atoms with Gasteiger partial charge in [0.05, 0.1) is 5.52 Å². The number of carbonyl (C=O) groups excluding carboxylic acids is 2. The second-order valence-corrected chi connectivity index (χ2v) is 11.2. The van der Waals surface area contributed by atoms with Gasteiger partial charge in [-0.05, 0) is 36.1 Å². The fourth-order valence-electron chi connectivity index (χ4n) is 6.35. The molecule has 3 amide bonds. The summed E-state index contributed by atoms with van der Waals surface area (Å²) in [5.74, 6) is 1.08. The topological polar surface area (TPSA) is 78.3 Å². The number of aromatic nitrogens is 1. The lowest BCUT2D eigenvalue weighted by Crippen LogP contribution is -2.58. The van der Waals surface area contributed by atoms with E-state index in [1.807, 2.05) is 27.0 Å². The normalized spacial score (nSPS) is 21.1. The Morgan fingerprint density at radius 1 is 0.923 bits per heavy atom. The third-order valence-corrected chi connectivity index (χ3v) is 8.67. The van der Waals surface area contributed by atoms with Crippen LogP contribution in [0.4, 0.5) is 4.79 Å². The predicted octanol–water partition coefficient (Wildman–Crippen LogP) is 4.19. The van der Waals surface area contributed by atoms with Crippen molar-refractivity contribution in [3.63, 3.8) is 0 Å². The first-order valence-corrected chi connectivity index (χ1v) is 14.1. The van der Waals surface area contributed by atoms with E-state index in [4.69, 9.17) is 9.73 Å². The van der Waals surface area contributed by atoms with Gasteiger partial charge in [-0.25, -0.2) is 4.79 Å². The third kappa shape index (κ3) is 4.36. The average Bonchev–Trinajstić information content (AvgIpc) is 3.59. The molecule has 0 unspecified atom stereocenters. The van der Waals surface area contributed by atoms with Crippen LogP contribution in [0, 0.1) is 5.92 Å². The Balaban J connectivity index is 1.12. The van der Waals surface area contributed by atoms with Gasteiger partial charge in [0.2, 0.25) is 0 Å². The molecule has 39 heavy (non-hydrogen) atoms. The second kappa shape index (κ2) is 9.75. The van der Waals surface area contributed by atoms with E-state index in [0.717, 1.165) is 59.4 Å². The second-order valence-electron chi connectivity index (χ2n) is 11.2. The summed E-state index contributed by atoms with van der Waals surface area (Å²) in [5, 5.41) is 1.12. The summed E-state index contributed by atoms with van der Waals surface area (Å²) in [6.45, 7) is 4.78. The number of benzene rings is 2. The fourth-order valence-corrected chi connectivity index (χ4v) is 6.35. The standard InChI is InChI=1S/C31H33N5O3/c37-29-31(11-16-39-17-12-31)33-28(36(29)21-22-19-35(20-22)30(38)34-14-1-2-15-34)25-8-5-23(6-9-25)26-10-7-24-4-3-13-32-27(24)18-26/h3-10,13,18,22H,1-2,11-12,14-17,19-21H2. The molecule has 1 aromatic heterocycles. The van der Waals surface area contributed by atoms with Crippen LogP contribution >= 0.6 is 0 Å². The highest BCUT2D eigenvalue weighted by molar-refractivity contribution is 6.15. The number of amides is 3. The zero-order chi connectivity index (χ0) is 26.4. The van der Waals surface area contributed by atoms with E-state index in [9.17, 15) is 9.59 Å². The molecule has 3 fully saturated rings. The number of carbonyl (C=O) groups is 2. The molecule has 200 valence electrons. The molecule has 8 heteroatoms. The third-order valence-electron chi connectivity index (χ3n) is 8.67. The summed E-state index contributed by atoms with van der Waals surface area (Å²) in [4.78, 5) is 41.9. The van der Waals surface area contributed by atoms with Gasteiger partial charge in [0.1, 0.15) is 11.4 Å². The Bertz CT molecular complexity index is 1430. The van der Waals surface area contributed by atoms with E-state index in [1.54, 1.807) is 0 Å². The molecule has 2 aromatic carbocycles. The van der Waals surface area contributed by atoms with E-state index < -0.39 is 5.54 Å². The number of nitrogens with zero attached hydrogens (tertiary/aromatic N) is 5. The van der Waals surface area contributed by atoms with Crippen molar-refractivity contribution < 1.29 is 14.3 Å². The molecule has 0 saturated carbocycles. The molecule has 4 aliphatic heterocycles. The number of amidine groups is 1. The minimum absolute atomic E-state index is 0.0785. The Morgan fingerprint density at radius 2 is 1.64 bits per heavy atom. The van der Waals surface area contributed by atoms with Crippen LogP contribution in [-0.4, -0.2) is 88.9 Å². The van der Waals surface area contributed by atoms with Crippen molar-refractivity contribution in [1.82, 2.24) is 19.7 Å². The molecule has 0 aliphatic carbocycles. The van der Waals surface area contributed by atoms with E-state index in [1.165, 1.54) is 0 Å². The van der Waals surface area contributed by atoms with Crippen LogP contribution in [0.5, 0.6) is 0 Å². The maximum atomic E-state index is 13.8. The highest BCUT2D eigenvalue weighted by Gasteiger charge is 2.50. The van der Waals surface area contributed by atoms with Gasteiger partial charge >= 0.3 is 6.03 Å². The smallest absolute Gasteiger partial charge is 0.320 e. The van der Waals surface area contributed by atoms with E-state index in [2.05, 4.69) is 53.5 Å². The number of urea groups is 1. The molecule has 4 aliphatic rings. The summed E-state index contributed by atoms with van der Waals surface area (Å²) in [6.07, 6.45) is 5.21. The number of ether oxygens (including phenoxy) is 1. The van der Waals surface area contributed by atoms with Crippen LogP contribution in [0.15, 0.2) is 65.8 Å². The van der Waals surface area contributed by atoms with Gasteiger partial charge in [-0.15, -0.1) is 0 Å². The van der Waals surface area contributed by atoms with E-state index >= 15 is 0 Å². The number of rotatable bonds is 4. The van der Waals surface area contributed by atoms with Crippen LogP contribution in [0.25, 0.3) is 22.0 Å². The zero-order valence-corrected chi connectivity index (χ0v) is 22.1. The van der Waals surface area contributed by atoms with Gasteiger partial charge in [-0.1, -0.05) is 42.5 Å². The van der Waals surface area contributed by atoms with Crippen molar-refractivity contribution in [2.75, 3.05) is 45.9 Å². The molecule has 0 bridgehead atoms. The van der Waals surface area contributed by atoms with Crippen molar-refractivity contribution >= 4 is 28.7 Å². The number of pyridine rings is 1. The van der Waals surface area contributed by atoms with Crippen LogP contribution in [-0.2, 0) is 9.53 Å². The van der Waals surface area contributed by atoms with Gasteiger partial charge in [0.25, 0.3) is 5.91 Å². The highest BCUT2D eigenvalue weighted by Crippen LogP contribution is 2.36. The molecular weight excluding hydrogens is 490 g/mol. The first kappa shape index (κ1) is 24.3. The summed E-state index contributed by atoms with van der Waals surface area (Å²) in [5.41, 5.74) is 3.38. The van der Waals surface area contributed by atoms with Crippen molar-refractivity contribution in [2.24, 2.45) is 10.9 Å². The SMILES string of the molecule is O=C(N1CCCC1)N1CC(CN2C(=O)C3(CCOCC3)N=C2c2ccc(-c3ccc4cccnc4c3)cc2)C1. The molecule has 0 radical (unpaired) electrons. The van der Waals surface area contributed by atoms with Crippen molar-refractivity contribution in [1.29, 1.82) is 0 Å². The van der Waals surface area contributed by atoms with Gasteiger partial charge in [0.15, 0.2) is 0 Å². The molecule has 1 spiro atoms. The average molecular weight is 524 g/mol. The lowest BCUT2D eigenvalue weighted by atomic mass is 9.90. The number of hydrogen-bond acceptors (Lipinski definition) is 5. The van der Waals surface area contributed by atoms with Gasteiger partial charge in [-0.3, -0.25) is 19.7 Å². The fraction of sp³-hybridized carbons (Fsp3) is 0.419. The Morgan fingerprint density at radius 3 is 2.41 bits per heavy atom. The van der Waals surface area contributed by atoms with Gasteiger partial charge < -0.3 is 14.5 Å². The maximum Gasteiger partial charge on any atom is 0.320 e. The van der Waals surface area contributed by atoms with Crippen LogP contribution in [0.1, 0.15) is 31.2 Å². The molecule has 5 heterocycles. The van der Waals surface area contributed by atoms with Crippen LogP contribution in [0.3, 0.4) is 0 Å². The molecule has 0 atom stereocenters. The van der Waals surface area contributed by atoms with Crippen LogP contribution in [0.2, 0.25) is 0 Å². The molecule has 7 rings (SSSR count).